The number of carbonyl (C=O) groups excluding carboxylic acids is 1. The normalized spacial score (nSPS) is 9.85. The molecule has 0 atom stereocenters. The predicted octanol–water partition coefficient (Wildman–Crippen LogP) is 4.11. The SMILES string of the molecule is C=C(C)c1ccc(NC(=O)OCc2ccccn2)cc1.[HH]. The number of rotatable bonds is 4. The molecular formula is C16H18N2O2. The monoisotopic (exact) mass is 270 g/mol. The van der Waals surface area contributed by atoms with E-state index < -0.39 is 6.09 Å². The lowest BCUT2D eigenvalue weighted by Gasteiger charge is -2.07. The second kappa shape index (κ2) is 6.52. The average molecular weight is 270 g/mol. The van der Waals surface area contributed by atoms with Crippen molar-refractivity contribution in [3.05, 3.63) is 66.5 Å². The van der Waals surface area contributed by atoms with Crippen LogP contribution in [-0.2, 0) is 11.3 Å². The molecule has 0 radical (unpaired) electrons. The van der Waals surface area contributed by atoms with Crippen LogP contribution in [0, 0.1) is 0 Å². The quantitative estimate of drug-likeness (QED) is 0.909. The topological polar surface area (TPSA) is 51.2 Å². The molecule has 0 aliphatic heterocycles. The van der Waals surface area contributed by atoms with Gasteiger partial charge in [-0.15, -0.1) is 0 Å². The Balaban J connectivity index is 0.00000220. The minimum absolute atomic E-state index is 0. The summed E-state index contributed by atoms with van der Waals surface area (Å²) < 4.78 is 5.08. The van der Waals surface area contributed by atoms with Gasteiger partial charge in [-0.2, -0.15) is 0 Å². The lowest BCUT2D eigenvalue weighted by molar-refractivity contribution is 0.153. The highest BCUT2D eigenvalue weighted by atomic mass is 16.5. The zero-order valence-electron chi connectivity index (χ0n) is 11.3. The van der Waals surface area contributed by atoms with Gasteiger partial charge in [-0.3, -0.25) is 10.3 Å². The molecule has 0 fully saturated rings. The summed E-state index contributed by atoms with van der Waals surface area (Å²) in [5.41, 5.74) is 3.41. The first-order valence-electron chi connectivity index (χ1n) is 6.25. The molecule has 0 unspecified atom stereocenters. The van der Waals surface area contributed by atoms with Crippen LogP contribution in [0.25, 0.3) is 5.57 Å². The van der Waals surface area contributed by atoms with Gasteiger partial charge in [0, 0.05) is 13.3 Å². The Labute approximate surface area is 119 Å². The van der Waals surface area contributed by atoms with E-state index in [0.717, 1.165) is 11.1 Å². The van der Waals surface area contributed by atoms with E-state index in [9.17, 15) is 4.79 Å². The minimum Gasteiger partial charge on any atom is -0.443 e. The maximum atomic E-state index is 11.6. The molecule has 0 saturated carbocycles. The Morgan fingerprint density at radius 1 is 1.30 bits per heavy atom. The van der Waals surface area contributed by atoms with Crippen LogP contribution in [0.2, 0.25) is 0 Å². The smallest absolute Gasteiger partial charge is 0.412 e. The first-order chi connectivity index (χ1) is 9.65. The molecule has 0 aliphatic carbocycles. The number of hydrogen-bond acceptors (Lipinski definition) is 3. The van der Waals surface area contributed by atoms with Crippen molar-refractivity contribution in [1.29, 1.82) is 0 Å². The largest absolute Gasteiger partial charge is 0.443 e. The van der Waals surface area contributed by atoms with Gasteiger partial charge in [0.15, 0.2) is 0 Å². The lowest BCUT2D eigenvalue weighted by Crippen LogP contribution is -2.13. The molecule has 4 heteroatoms. The number of allylic oxidation sites excluding steroid dienone is 1. The molecule has 1 aromatic heterocycles. The Kier molecular flexibility index (Phi) is 4.50. The van der Waals surface area contributed by atoms with E-state index in [1.165, 1.54) is 0 Å². The molecule has 1 heterocycles. The molecule has 104 valence electrons. The van der Waals surface area contributed by atoms with E-state index in [-0.39, 0.29) is 8.03 Å². The van der Waals surface area contributed by atoms with Crippen molar-refractivity contribution in [1.82, 2.24) is 4.98 Å². The number of carbonyl (C=O) groups is 1. The van der Waals surface area contributed by atoms with Gasteiger partial charge in [-0.25, -0.2) is 4.79 Å². The van der Waals surface area contributed by atoms with Gasteiger partial charge in [0.25, 0.3) is 0 Å². The summed E-state index contributed by atoms with van der Waals surface area (Å²) in [6.45, 7) is 5.94. The van der Waals surface area contributed by atoms with E-state index in [1.54, 1.807) is 12.3 Å². The highest BCUT2D eigenvalue weighted by molar-refractivity contribution is 5.84. The van der Waals surface area contributed by atoms with Crippen LogP contribution in [0.4, 0.5) is 10.5 Å². The number of aromatic nitrogens is 1. The van der Waals surface area contributed by atoms with E-state index in [4.69, 9.17) is 4.74 Å². The second-order valence-corrected chi connectivity index (χ2v) is 4.38. The average Bonchev–Trinajstić information content (AvgIpc) is 2.47. The number of pyridine rings is 1. The van der Waals surface area contributed by atoms with Gasteiger partial charge in [0.1, 0.15) is 6.61 Å². The Hall–Kier alpha value is -2.62. The molecule has 2 aromatic rings. The lowest BCUT2D eigenvalue weighted by atomic mass is 10.1. The van der Waals surface area contributed by atoms with Crippen molar-refractivity contribution < 1.29 is 11.0 Å². The summed E-state index contributed by atoms with van der Waals surface area (Å²) in [6, 6.07) is 12.9. The van der Waals surface area contributed by atoms with Crippen LogP contribution in [0.1, 0.15) is 19.6 Å². The van der Waals surface area contributed by atoms with Crippen LogP contribution < -0.4 is 5.32 Å². The van der Waals surface area contributed by atoms with Crippen molar-refractivity contribution >= 4 is 17.4 Å². The summed E-state index contributed by atoms with van der Waals surface area (Å²) in [5.74, 6) is 0. The molecule has 20 heavy (non-hydrogen) atoms. The van der Waals surface area contributed by atoms with Crippen molar-refractivity contribution in [2.75, 3.05) is 5.32 Å². The number of nitrogens with zero attached hydrogens (tertiary/aromatic N) is 1. The van der Waals surface area contributed by atoms with E-state index in [2.05, 4.69) is 16.9 Å². The van der Waals surface area contributed by atoms with Gasteiger partial charge in [-0.05, 0) is 36.8 Å². The Morgan fingerprint density at radius 2 is 2.05 bits per heavy atom. The fourth-order valence-corrected chi connectivity index (χ4v) is 1.62. The molecule has 0 spiro atoms. The fraction of sp³-hybridized carbons (Fsp3) is 0.125. The predicted molar refractivity (Wildman–Crippen MR) is 81.3 cm³/mol. The summed E-state index contributed by atoms with van der Waals surface area (Å²) in [4.78, 5) is 15.7. The zero-order valence-corrected chi connectivity index (χ0v) is 11.3. The van der Waals surface area contributed by atoms with Gasteiger partial charge in [-0.1, -0.05) is 30.4 Å². The summed E-state index contributed by atoms with van der Waals surface area (Å²) in [6.07, 6.45) is 1.16. The molecule has 4 nitrogen and oxygen atoms in total. The van der Waals surface area contributed by atoms with Crippen LogP contribution in [-0.4, -0.2) is 11.1 Å². The van der Waals surface area contributed by atoms with Crippen LogP contribution >= 0.6 is 0 Å². The first-order valence-corrected chi connectivity index (χ1v) is 6.25. The third-order valence-electron chi connectivity index (χ3n) is 2.70. The van der Waals surface area contributed by atoms with E-state index in [0.29, 0.717) is 11.4 Å². The number of anilines is 1. The van der Waals surface area contributed by atoms with Crippen LogP contribution in [0.15, 0.2) is 55.2 Å². The second-order valence-electron chi connectivity index (χ2n) is 4.38. The molecule has 1 amide bonds. The fourth-order valence-electron chi connectivity index (χ4n) is 1.62. The highest BCUT2D eigenvalue weighted by Crippen LogP contribution is 2.15. The number of nitrogens with one attached hydrogen (secondary N) is 1. The van der Waals surface area contributed by atoms with Crippen molar-refractivity contribution in [2.24, 2.45) is 0 Å². The molecule has 0 saturated heterocycles. The third kappa shape index (κ3) is 3.95. The molecule has 0 bridgehead atoms. The number of ether oxygens (including phenoxy) is 1. The Morgan fingerprint density at radius 3 is 2.65 bits per heavy atom. The van der Waals surface area contributed by atoms with E-state index >= 15 is 0 Å². The molecule has 0 aliphatic rings. The van der Waals surface area contributed by atoms with Gasteiger partial charge < -0.3 is 4.74 Å². The van der Waals surface area contributed by atoms with Gasteiger partial charge >= 0.3 is 6.09 Å². The maximum absolute atomic E-state index is 11.6. The zero-order chi connectivity index (χ0) is 14.4. The molecule has 2 rings (SSSR count). The first kappa shape index (κ1) is 13.8. The number of hydrogen-bond donors (Lipinski definition) is 1. The van der Waals surface area contributed by atoms with Gasteiger partial charge in [0.05, 0.1) is 5.69 Å². The van der Waals surface area contributed by atoms with Crippen LogP contribution in [0.3, 0.4) is 0 Å². The standard InChI is InChI=1S/C16H16N2O2.H2/c1-12(2)13-6-8-14(9-7-13)18-16(19)20-11-15-5-3-4-10-17-15;/h3-10H,1,11H2,2H3,(H,18,19);1H. The number of amides is 1. The summed E-state index contributed by atoms with van der Waals surface area (Å²) in [7, 11) is 0. The minimum atomic E-state index is -0.501. The van der Waals surface area contributed by atoms with Crippen LogP contribution in [0.5, 0.6) is 0 Å². The maximum Gasteiger partial charge on any atom is 0.412 e. The van der Waals surface area contributed by atoms with Gasteiger partial charge in [0.2, 0.25) is 0 Å². The summed E-state index contributed by atoms with van der Waals surface area (Å²) in [5, 5.41) is 2.66. The molecular weight excluding hydrogens is 252 g/mol. The van der Waals surface area contributed by atoms with Crippen molar-refractivity contribution in [3.8, 4) is 0 Å². The van der Waals surface area contributed by atoms with Crippen molar-refractivity contribution in [3.63, 3.8) is 0 Å². The summed E-state index contributed by atoms with van der Waals surface area (Å²) >= 11 is 0. The third-order valence-corrected chi connectivity index (χ3v) is 2.70. The Bertz CT molecular complexity index is 597. The highest BCUT2D eigenvalue weighted by Gasteiger charge is 2.04. The molecule has 1 N–H and O–H groups in total. The van der Waals surface area contributed by atoms with E-state index in [1.807, 2.05) is 43.3 Å². The molecule has 1 aromatic carbocycles. The number of benzene rings is 1. The van der Waals surface area contributed by atoms with Crippen molar-refractivity contribution in [2.45, 2.75) is 13.5 Å².